The fraction of sp³-hybridized carbons (Fsp3) is 1.00. The van der Waals surface area contributed by atoms with Gasteiger partial charge in [-0.05, 0) is 53.8 Å². The van der Waals surface area contributed by atoms with Gasteiger partial charge in [-0.25, -0.2) is 0 Å². The summed E-state index contributed by atoms with van der Waals surface area (Å²) in [6.07, 6.45) is 53.1. The molecule has 0 bridgehead atoms. The third-order valence-electron chi connectivity index (χ3n) is 13.6. The maximum Gasteiger partial charge on any atom is -0.0383 e. The molecular weight excluding hydrogens is 637 g/mol. The summed E-state index contributed by atoms with van der Waals surface area (Å²) in [4.78, 5) is 0. The molecule has 0 heterocycles. The Labute approximate surface area is 341 Å². The van der Waals surface area contributed by atoms with Crippen LogP contribution < -0.4 is 0 Å². The highest BCUT2D eigenvalue weighted by molar-refractivity contribution is 4.81. The summed E-state index contributed by atoms with van der Waals surface area (Å²) in [5.41, 5.74) is 0.542. The minimum Gasteiger partial charge on any atom is -0.0776 e. The first-order valence-corrected chi connectivity index (χ1v) is 25.3. The van der Waals surface area contributed by atoms with Crippen LogP contribution in [0.15, 0.2) is 0 Å². The average Bonchev–Trinajstić information content (AvgIpc) is 3.06. The second kappa shape index (κ2) is 38.9. The predicted octanol–water partition coefficient (Wildman–Crippen LogP) is 20.2. The van der Waals surface area contributed by atoms with E-state index in [9.17, 15) is 0 Å². The molecule has 5 fully saturated rings. The second-order valence-electron chi connectivity index (χ2n) is 19.4. The zero-order chi connectivity index (χ0) is 38.7. The first kappa shape index (κ1) is 55.1. The molecule has 5 aliphatic rings. The minimum atomic E-state index is 0. The third kappa shape index (κ3) is 32.8. The van der Waals surface area contributed by atoms with Gasteiger partial charge in [0.15, 0.2) is 0 Å². The summed E-state index contributed by atoms with van der Waals surface area (Å²) < 4.78 is 0. The molecule has 53 heavy (non-hydrogen) atoms. The first-order valence-electron chi connectivity index (χ1n) is 25.3. The Morgan fingerprint density at radius 3 is 0.755 bits per heavy atom. The van der Waals surface area contributed by atoms with E-state index in [0.717, 1.165) is 35.5 Å². The lowest BCUT2D eigenvalue weighted by Gasteiger charge is -2.37. The number of hydrogen-bond acceptors (Lipinski definition) is 0. The van der Waals surface area contributed by atoms with Gasteiger partial charge >= 0.3 is 0 Å². The molecule has 0 aromatic rings. The van der Waals surface area contributed by atoms with E-state index in [0.29, 0.717) is 5.41 Å². The van der Waals surface area contributed by atoms with Gasteiger partial charge in [0.1, 0.15) is 0 Å². The topological polar surface area (TPSA) is 0 Å². The summed E-state index contributed by atoms with van der Waals surface area (Å²) >= 11 is 0. The summed E-state index contributed by atoms with van der Waals surface area (Å²) in [6, 6.07) is 0. The third-order valence-corrected chi connectivity index (χ3v) is 13.6. The molecule has 0 aromatic carbocycles. The van der Waals surface area contributed by atoms with Gasteiger partial charge in [-0.15, -0.1) is 0 Å². The van der Waals surface area contributed by atoms with Gasteiger partial charge < -0.3 is 0 Å². The Hall–Kier alpha value is 0. The Morgan fingerprint density at radius 2 is 0.509 bits per heavy atom. The monoisotopic (exact) mass is 747 g/mol. The van der Waals surface area contributed by atoms with Crippen molar-refractivity contribution in [2.75, 3.05) is 0 Å². The molecule has 5 aliphatic carbocycles. The Bertz CT molecular complexity index is 605. The summed E-state index contributed by atoms with van der Waals surface area (Å²) in [7, 11) is 0. The Morgan fingerprint density at radius 1 is 0.321 bits per heavy atom. The molecule has 0 spiro atoms. The zero-order valence-corrected chi connectivity index (χ0v) is 38.7. The van der Waals surface area contributed by atoms with Crippen LogP contribution in [0.5, 0.6) is 0 Å². The molecule has 4 unspecified atom stereocenters. The van der Waals surface area contributed by atoms with E-state index in [1.807, 2.05) is 27.7 Å². The fourth-order valence-electron chi connectivity index (χ4n) is 9.89. The quantitative estimate of drug-likeness (QED) is 0.264. The van der Waals surface area contributed by atoms with Crippen LogP contribution in [0.4, 0.5) is 0 Å². The number of hydrogen-bond donors (Lipinski definition) is 0. The predicted molar refractivity (Wildman–Crippen MR) is 248 cm³/mol. The smallest absolute Gasteiger partial charge is 0.0383 e. The average molecular weight is 747 g/mol. The summed E-state index contributed by atoms with van der Waals surface area (Å²) in [6.45, 7) is 21.7. The van der Waals surface area contributed by atoms with Crippen LogP contribution in [0.2, 0.25) is 0 Å². The molecule has 0 nitrogen and oxygen atoms in total. The van der Waals surface area contributed by atoms with Crippen LogP contribution >= 0.6 is 0 Å². The van der Waals surface area contributed by atoms with Crippen molar-refractivity contribution in [3.63, 3.8) is 0 Å². The highest BCUT2D eigenvalue weighted by Crippen LogP contribution is 2.42. The highest BCUT2D eigenvalue weighted by atomic mass is 14.4. The molecule has 0 N–H and O–H groups in total. The van der Waals surface area contributed by atoms with Crippen LogP contribution in [0.3, 0.4) is 0 Å². The van der Waals surface area contributed by atoms with Crippen molar-refractivity contribution in [1.82, 2.24) is 0 Å². The van der Waals surface area contributed by atoms with Gasteiger partial charge in [-0.3, -0.25) is 0 Å². The van der Waals surface area contributed by atoms with Gasteiger partial charge in [-0.1, -0.05) is 289 Å². The minimum absolute atomic E-state index is 0. The van der Waals surface area contributed by atoms with Crippen molar-refractivity contribution in [3.8, 4) is 0 Å². The van der Waals surface area contributed by atoms with Gasteiger partial charge in [0.2, 0.25) is 0 Å². The van der Waals surface area contributed by atoms with Crippen LogP contribution in [-0.4, -0.2) is 0 Å². The molecule has 0 radical (unpaired) electrons. The van der Waals surface area contributed by atoms with E-state index in [1.165, 1.54) is 167 Å². The first-order chi connectivity index (χ1) is 25.3. The van der Waals surface area contributed by atoms with Crippen molar-refractivity contribution in [2.24, 2.45) is 40.9 Å². The molecule has 5 rings (SSSR count). The standard InChI is InChI=1S/C24H44.C10H20.C8H16.C6H14.2C2H6.CH4/c1-3-8-14-21(15-9-4-1)23-18-12-7-13-19-24(20-23)22-16-10-5-2-6-11-17-22;1-9-6-4-3-5-7-10(2)8-9;1-2-4-6-8-7-5-3-1;1-5-6(2,3)4;2*1-2;/h21-24H,1-20H2;9-10H,3-8H2,1-2H3;1-8H2;5H2,1-4H3;2*1-2H3;1H4. The van der Waals surface area contributed by atoms with E-state index < -0.39 is 0 Å². The van der Waals surface area contributed by atoms with Gasteiger partial charge in [0, 0.05) is 0 Å². The van der Waals surface area contributed by atoms with Crippen LogP contribution in [0.1, 0.15) is 301 Å². The van der Waals surface area contributed by atoms with E-state index in [1.54, 1.807) is 57.8 Å². The molecule has 0 saturated heterocycles. The molecule has 0 aliphatic heterocycles. The van der Waals surface area contributed by atoms with Gasteiger partial charge in [0.25, 0.3) is 0 Å². The fourth-order valence-corrected chi connectivity index (χ4v) is 9.89. The van der Waals surface area contributed by atoms with Crippen molar-refractivity contribution < 1.29 is 0 Å². The summed E-state index contributed by atoms with van der Waals surface area (Å²) in [5, 5.41) is 0. The van der Waals surface area contributed by atoms with Crippen LogP contribution in [0, 0.1) is 40.9 Å². The molecule has 5 saturated carbocycles. The van der Waals surface area contributed by atoms with Gasteiger partial charge in [-0.2, -0.15) is 0 Å². The lowest BCUT2D eigenvalue weighted by Crippen LogP contribution is -2.26. The molecule has 4 atom stereocenters. The van der Waals surface area contributed by atoms with Crippen molar-refractivity contribution >= 4 is 0 Å². The van der Waals surface area contributed by atoms with Gasteiger partial charge in [0.05, 0.1) is 0 Å². The van der Waals surface area contributed by atoms with E-state index in [4.69, 9.17) is 0 Å². The normalized spacial score (nSPS) is 27.3. The van der Waals surface area contributed by atoms with Crippen LogP contribution in [-0.2, 0) is 0 Å². The maximum absolute atomic E-state index is 2.40. The van der Waals surface area contributed by atoms with Crippen molar-refractivity contribution in [2.45, 2.75) is 301 Å². The molecule has 0 amide bonds. The Kier molecular flexibility index (Phi) is 40.4. The maximum atomic E-state index is 2.40. The zero-order valence-electron chi connectivity index (χ0n) is 38.7. The number of rotatable bonds is 2. The second-order valence-corrected chi connectivity index (χ2v) is 19.4. The van der Waals surface area contributed by atoms with Crippen molar-refractivity contribution in [1.29, 1.82) is 0 Å². The molecule has 322 valence electrons. The van der Waals surface area contributed by atoms with Crippen molar-refractivity contribution in [3.05, 3.63) is 0 Å². The SMILES string of the molecule is C.C1CCCC(C2CCCCCC(C3CCCCCCC3)C2)CCC1.C1CCCCCCC1.CC.CC.CC1CCCCCC(C)C1.CCC(C)(C)C. The molecular formula is C53H110. The largest absolute Gasteiger partial charge is 0.0776 e. The molecule has 0 aromatic heterocycles. The Balaban J connectivity index is 0. The van der Waals surface area contributed by atoms with E-state index >= 15 is 0 Å². The van der Waals surface area contributed by atoms with Crippen LogP contribution in [0.25, 0.3) is 0 Å². The summed E-state index contributed by atoms with van der Waals surface area (Å²) in [5.74, 6) is 6.38. The lowest BCUT2D eigenvalue weighted by atomic mass is 9.69. The van der Waals surface area contributed by atoms with E-state index in [-0.39, 0.29) is 7.43 Å². The lowest BCUT2D eigenvalue weighted by molar-refractivity contribution is 0.142. The molecule has 0 heteroatoms. The van der Waals surface area contributed by atoms with E-state index in [2.05, 4.69) is 41.5 Å². The highest BCUT2D eigenvalue weighted by Gasteiger charge is 2.30.